The van der Waals surface area contributed by atoms with Crippen molar-refractivity contribution in [2.45, 2.75) is 6.92 Å². The Morgan fingerprint density at radius 3 is 2.33 bits per heavy atom. The number of rotatable bonds is 3. The summed E-state index contributed by atoms with van der Waals surface area (Å²) >= 11 is 0. The quantitative estimate of drug-likeness (QED) is 0.505. The van der Waals surface area contributed by atoms with Crippen molar-refractivity contribution in [3.05, 3.63) is 24.0 Å². The molecule has 0 atom stereocenters. The molecule has 0 fully saturated rings. The van der Waals surface area contributed by atoms with Crippen LogP contribution in [0.3, 0.4) is 0 Å². The molecule has 78 valence electrons. The van der Waals surface area contributed by atoms with Crippen LogP contribution < -0.4 is 61.6 Å². The van der Waals surface area contributed by atoms with Crippen molar-refractivity contribution in [1.29, 1.82) is 0 Å². The summed E-state index contributed by atoms with van der Waals surface area (Å²) in [4.78, 5) is 0. The van der Waals surface area contributed by atoms with Gasteiger partial charge in [-0.15, -0.1) is 0 Å². The predicted molar refractivity (Wildman–Crippen MR) is 46.3 cm³/mol. The average Bonchev–Trinajstić information content (AvgIpc) is 2.02. The first-order chi connectivity index (χ1) is 6.45. The van der Waals surface area contributed by atoms with Crippen molar-refractivity contribution in [2.24, 2.45) is 0 Å². The molecule has 0 unspecified atom stereocenters. The molecule has 1 aromatic rings. The van der Waals surface area contributed by atoms with E-state index in [-0.39, 0.29) is 58.0 Å². The molecule has 0 aliphatic carbocycles. The largest absolute Gasteiger partial charge is 1.00 e. The zero-order chi connectivity index (χ0) is 10.8. The molecule has 1 aromatic carbocycles. The van der Waals surface area contributed by atoms with E-state index in [2.05, 4.69) is 0 Å². The van der Waals surface area contributed by atoms with E-state index in [1.807, 2.05) is 0 Å². The molecule has 0 bridgehead atoms. The molecular weight excluding hydrogens is 238 g/mol. The van der Waals surface area contributed by atoms with Crippen LogP contribution in [-0.2, 0) is 0 Å². The SMILES string of the molecule is CCOc1cc(F)ccc1[B-](F)(F)F.[K+]. The number of hydrogen-bond donors (Lipinski definition) is 0. The number of benzene rings is 1. The molecule has 0 heterocycles. The van der Waals surface area contributed by atoms with E-state index in [1.54, 1.807) is 0 Å². The number of halogens is 4. The zero-order valence-corrected chi connectivity index (χ0v) is 11.6. The summed E-state index contributed by atoms with van der Waals surface area (Å²) in [5.41, 5.74) is -0.895. The summed E-state index contributed by atoms with van der Waals surface area (Å²) < 4.78 is 54.4. The van der Waals surface area contributed by atoms with E-state index in [4.69, 9.17) is 4.74 Å². The van der Waals surface area contributed by atoms with Crippen LogP contribution in [0.2, 0.25) is 0 Å². The minimum absolute atomic E-state index is 0. The zero-order valence-electron chi connectivity index (χ0n) is 8.44. The van der Waals surface area contributed by atoms with Crippen LogP contribution in [0.5, 0.6) is 5.75 Å². The van der Waals surface area contributed by atoms with Gasteiger partial charge in [0.2, 0.25) is 0 Å². The first kappa shape index (κ1) is 15.4. The fourth-order valence-electron chi connectivity index (χ4n) is 1.06. The fourth-order valence-corrected chi connectivity index (χ4v) is 1.06. The van der Waals surface area contributed by atoms with E-state index in [1.165, 1.54) is 6.92 Å². The Kier molecular flexibility index (Phi) is 6.43. The van der Waals surface area contributed by atoms with Crippen LogP contribution in [0.1, 0.15) is 6.92 Å². The molecule has 15 heavy (non-hydrogen) atoms. The topological polar surface area (TPSA) is 9.23 Å². The molecule has 0 saturated heterocycles. The maximum atomic E-state index is 12.6. The summed E-state index contributed by atoms with van der Waals surface area (Å²) in [6, 6.07) is 2.21. The van der Waals surface area contributed by atoms with Crippen LogP contribution in [0.25, 0.3) is 0 Å². The van der Waals surface area contributed by atoms with Crippen LogP contribution in [-0.4, -0.2) is 13.6 Å². The van der Waals surface area contributed by atoms with Crippen LogP contribution >= 0.6 is 0 Å². The maximum Gasteiger partial charge on any atom is 1.00 e. The van der Waals surface area contributed by atoms with Crippen molar-refractivity contribution in [3.63, 3.8) is 0 Å². The van der Waals surface area contributed by atoms with Gasteiger partial charge in [-0.05, 0) is 13.0 Å². The number of ether oxygens (including phenoxy) is 1. The second-order valence-electron chi connectivity index (χ2n) is 2.69. The van der Waals surface area contributed by atoms with E-state index in [0.29, 0.717) is 6.07 Å². The van der Waals surface area contributed by atoms with Gasteiger partial charge >= 0.3 is 58.4 Å². The molecular formula is C8H8BF4KO. The van der Waals surface area contributed by atoms with Gasteiger partial charge in [-0.3, -0.25) is 0 Å². The molecule has 1 nitrogen and oxygen atoms in total. The molecule has 0 aromatic heterocycles. The second kappa shape index (κ2) is 6.24. The molecule has 0 aliphatic rings. The normalized spacial score (nSPS) is 10.7. The Bertz CT molecular complexity index is 329. The summed E-state index contributed by atoms with van der Waals surface area (Å²) in [6.07, 6.45) is 0. The Morgan fingerprint density at radius 1 is 1.27 bits per heavy atom. The van der Waals surface area contributed by atoms with Gasteiger partial charge in [-0.1, -0.05) is 11.5 Å². The maximum absolute atomic E-state index is 12.6. The first-order valence-electron chi connectivity index (χ1n) is 4.07. The Morgan fingerprint density at radius 2 is 1.87 bits per heavy atom. The van der Waals surface area contributed by atoms with E-state index in [9.17, 15) is 17.3 Å². The minimum Gasteiger partial charge on any atom is -0.497 e. The Labute approximate surface area is 128 Å². The fraction of sp³-hybridized carbons (Fsp3) is 0.250. The van der Waals surface area contributed by atoms with Gasteiger partial charge in [0, 0.05) is 6.07 Å². The molecule has 1 rings (SSSR count). The van der Waals surface area contributed by atoms with Crippen LogP contribution in [0, 0.1) is 5.82 Å². The van der Waals surface area contributed by atoms with Crippen molar-refractivity contribution < 1.29 is 73.5 Å². The van der Waals surface area contributed by atoms with Gasteiger partial charge in [0.05, 0.1) is 12.4 Å². The van der Waals surface area contributed by atoms with E-state index < -0.39 is 24.0 Å². The molecule has 7 heteroatoms. The predicted octanol–water partition coefficient (Wildman–Crippen LogP) is -0.717. The van der Waals surface area contributed by atoms with E-state index in [0.717, 1.165) is 12.1 Å². The van der Waals surface area contributed by atoms with Crippen molar-refractivity contribution in [1.82, 2.24) is 0 Å². The molecule has 0 amide bonds. The monoisotopic (exact) mass is 246 g/mol. The van der Waals surface area contributed by atoms with Gasteiger partial charge in [0.15, 0.2) is 0 Å². The standard InChI is InChI=1S/C8H8BF4O.K/c1-2-14-8-5-6(10)3-4-7(8)9(11,12)13;/h3-5H,2H2,1H3;/q-1;+1. The van der Waals surface area contributed by atoms with Gasteiger partial charge in [-0.25, -0.2) is 4.39 Å². The molecule has 0 aliphatic heterocycles. The van der Waals surface area contributed by atoms with Crippen molar-refractivity contribution in [2.75, 3.05) is 6.61 Å². The van der Waals surface area contributed by atoms with Gasteiger partial charge in [0.1, 0.15) is 5.82 Å². The van der Waals surface area contributed by atoms with Crippen molar-refractivity contribution in [3.8, 4) is 5.75 Å². The van der Waals surface area contributed by atoms with Crippen LogP contribution in [0.4, 0.5) is 17.3 Å². The third-order valence-corrected chi connectivity index (χ3v) is 1.63. The third-order valence-electron chi connectivity index (χ3n) is 1.63. The summed E-state index contributed by atoms with van der Waals surface area (Å²) in [5.74, 6) is -1.18. The minimum atomic E-state index is -5.15. The number of hydrogen-bond acceptors (Lipinski definition) is 1. The summed E-state index contributed by atoms with van der Waals surface area (Å²) in [5, 5.41) is 0. The van der Waals surface area contributed by atoms with Crippen LogP contribution in [0.15, 0.2) is 18.2 Å². The Balaban J connectivity index is 0.00000196. The van der Waals surface area contributed by atoms with Gasteiger partial charge < -0.3 is 17.7 Å². The second-order valence-corrected chi connectivity index (χ2v) is 2.69. The van der Waals surface area contributed by atoms with E-state index >= 15 is 0 Å². The third kappa shape index (κ3) is 4.44. The van der Waals surface area contributed by atoms with Gasteiger partial charge in [0.25, 0.3) is 0 Å². The first-order valence-corrected chi connectivity index (χ1v) is 4.07. The summed E-state index contributed by atoms with van der Waals surface area (Å²) in [6.45, 7) is -3.54. The smallest absolute Gasteiger partial charge is 0.497 e. The summed E-state index contributed by atoms with van der Waals surface area (Å²) in [7, 11) is 0. The molecule has 0 radical (unpaired) electrons. The average molecular weight is 246 g/mol. The molecule has 0 saturated carbocycles. The Hall–Kier alpha value is 0.441. The van der Waals surface area contributed by atoms with Gasteiger partial charge in [-0.2, -0.15) is 0 Å². The van der Waals surface area contributed by atoms with Crippen molar-refractivity contribution >= 4 is 12.4 Å². The molecule has 0 spiro atoms. The molecule has 0 N–H and O–H groups in total.